The van der Waals surface area contributed by atoms with Gasteiger partial charge in [-0.15, -0.1) is 0 Å². The molecule has 0 aliphatic heterocycles. The van der Waals surface area contributed by atoms with Crippen molar-refractivity contribution in [1.82, 2.24) is 5.32 Å². The predicted molar refractivity (Wildman–Crippen MR) is 99.7 cm³/mol. The topological polar surface area (TPSA) is 41.1 Å². The third-order valence-corrected chi connectivity index (χ3v) is 4.71. The lowest BCUT2D eigenvalue weighted by molar-refractivity contribution is 0.248. The van der Waals surface area contributed by atoms with Gasteiger partial charge in [-0.1, -0.05) is 63.2 Å². The van der Waals surface area contributed by atoms with E-state index < -0.39 is 0 Å². The van der Waals surface area contributed by atoms with Crippen LogP contribution in [-0.2, 0) is 18.3 Å². The number of benzene rings is 2. The van der Waals surface area contributed by atoms with Crippen molar-refractivity contribution in [2.75, 3.05) is 5.32 Å². The van der Waals surface area contributed by atoms with Crippen LogP contribution < -0.4 is 10.6 Å². The van der Waals surface area contributed by atoms with Gasteiger partial charge in [0.25, 0.3) is 0 Å². The molecule has 0 spiro atoms. The Morgan fingerprint density at radius 3 is 2.21 bits per heavy atom. The molecule has 2 amide bonds. The van der Waals surface area contributed by atoms with Crippen LogP contribution in [0, 0.1) is 6.92 Å². The Bertz CT molecular complexity index is 734. The quantitative estimate of drug-likeness (QED) is 0.835. The van der Waals surface area contributed by atoms with Crippen LogP contribution in [0.3, 0.4) is 0 Å². The standard InChI is InChI=1S/C21H26N2O/c1-14-8-7-11-18(21(2,3)4)19(14)23-20(24)22-17-12-15-9-5-6-10-16(15)13-17/h5-11,17H,12-13H2,1-4H3,(H2,22,23,24). The number of fused-ring (bicyclic) bond motifs is 1. The number of rotatable bonds is 2. The number of aryl methyl sites for hydroxylation is 1. The number of hydrogen-bond acceptors (Lipinski definition) is 1. The summed E-state index contributed by atoms with van der Waals surface area (Å²) in [5.41, 5.74) is 5.85. The van der Waals surface area contributed by atoms with E-state index in [1.807, 2.05) is 19.1 Å². The number of para-hydroxylation sites is 1. The fraction of sp³-hybridized carbons (Fsp3) is 0.381. The Morgan fingerprint density at radius 2 is 1.62 bits per heavy atom. The van der Waals surface area contributed by atoms with E-state index in [4.69, 9.17) is 0 Å². The number of carbonyl (C=O) groups is 1. The maximum Gasteiger partial charge on any atom is 0.319 e. The Kier molecular flexibility index (Phi) is 4.35. The molecule has 24 heavy (non-hydrogen) atoms. The van der Waals surface area contributed by atoms with E-state index in [-0.39, 0.29) is 17.5 Å². The number of anilines is 1. The first-order valence-electron chi connectivity index (χ1n) is 8.59. The first kappa shape index (κ1) is 16.6. The lowest BCUT2D eigenvalue weighted by atomic mass is 9.84. The predicted octanol–water partition coefficient (Wildman–Crippen LogP) is 4.58. The first-order valence-corrected chi connectivity index (χ1v) is 8.59. The van der Waals surface area contributed by atoms with Crippen molar-refractivity contribution in [3.05, 3.63) is 64.7 Å². The molecule has 0 fully saturated rings. The van der Waals surface area contributed by atoms with Crippen LogP contribution in [0.5, 0.6) is 0 Å². The molecule has 0 radical (unpaired) electrons. The molecule has 3 nitrogen and oxygen atoms in total. The van der Waals surface area contributed by atoms with E-state index in [1.54, 1.807) is 0 Å². The van der Waals surface area contributed by atoms with Gasteiger partial charge in [0.15, 0.2) is 0 Å². The molecule has 0 atom stereocenters. The van der Waals surface area contributed by atoms with Gasteiger partial charge in [-0.3, -0.25) is 0 Å². The van der Waals surface area contributed by atoms with Crippen molar-refractivity contribution in [3.8, 4) is 0 Å². The third kappa shape index (κ3) is 3.45. The number of carbonyl (C=O) groups excluding carboxylic acids is 1. The highest BCUT2D eigenvalue weighted by molar-refractivity contribution is 5.91. The van der Waals surface area contributed by atoms with Crippen molar-refractivity contribution in [2.24, 2.45) is 0 Å². The molecule has 3 heteroatoms. The summed E-state index contributed by atoms with van der Waals surface area (Å²) in [5, 5.41) is 6.22. The van der Waals surface area contributed by atoms with Crippen LogP contribution in [0.15, 0.2) is 42.5 Å². The minimum Gasteiger partial charge on any atom is -0.334 e. The van der Waals surface area contributed by atoms with Gasteiger partial charge in [-0.2, -0.15) is 0 Å². The van der Waals surface area contributed by atoms with Crippen LogP contribution in [0.1, 0.15) is 43.0 Å². The molecule has 0 saturated heterocycles. The zero-order valence-corrected chi connectivity index (χ0v) is 14.9. The number of urea groups is 1. The van der Waals surface area contributed by atoms with Crippen LogP contribution in [0.25, 0.3) is 0 Å². The Labute approximate surface area is 144 Å². The highest BCUT2D eigenvalue weighted by atomic mass is 16.2. The van der Waals surface area contributed by atoms with Gasteiger partial charge in [0, 0.05) is 11.7 Å². The molecule has 0 aromatic heterocycles. The lowest BCUT2D eigenvalue weighted by Crippen LogP contribution is -2.39. The average molecular weight is 322 g/mol. The number of nitrogens with one attached hydrogen (secondary N) is 2. The zero-order valence-electron chi connectivity index (χ0n) is 14.9. The second-order valence-corrected chi connectivity index (χ2v) is 7.72. The molecule has 126 valence electrons. The van der Waals surface area contributed by atoms with E-state index in [0.29, 0.717) is 0 Å². The molecule has 2 aromatic rings. The summed E-state index contributed by atoms with van der Waals surface area (Å²) in [6.07, 6.45) is 1.81. The van der Waals surface area contributed by atoms with Crippen LogP contribution in [0.4, 0.5) is 10.5 Å². The maximum absolute atomic E-state index is 12.5. The second kappa shape index (κ2) is 6.31. The van der Waals surface area contributed by atoms with Crippen molar-refractivity contribution in [3.63, 3.8) is 0 Å². The van der Waals surface area contributed by atoms with Crippen molar-refractivity contribution >= 4 is 11.7 Å². The molecule has 0 saturated carbocycles. The summed E-state index contributed by atoms with van der Waals surface area (Å²) >= 11 is 0. The van der Waals surface area contributed by atoms with Gasteiger partial charge in [0.2, 0.25) is 0 Å². The average Bonchev–Trinajstić information content (AvgIpc) is 2.90. The normalized spacial score (nSPS) is 14.3. The summed E-state index contributed by atoms with van der Waals surface area (Å²) in [7, 11) is 0. The Morgan fingerprint density at radius 1 is 1.00 bits per heavy atom. The van der Waals surface area contributed by atoms with Gasteiger partial charge >= 0.3 is 6.03 Å². The van der Waals surface area contributed by atoms with Gasteiger partial charge in [-0.05, 0) is 47.4 Å². The van der Waals surface area contributed by atoms with Crippen molar-refractivity contribution in [2.45, 2.75) is 52.0 Å². The fourth-order valence-corrected chi connectivity index (χ4v) is 3.45. The molecule has 1 aliphatic carbocycles. The molecule has 0 heterocycles. The summed E-state index contributed by atoms with van der Waals surface area (Å²) in [6.45, 7) is 8.53. The molecule has 0 unspecified atom stereocenters. The van der Waals surface area contributed by atoms with Crippen LogP contribution >= 0.6 is 0 Å². The van der Waals surface area contributed by atoms with Gasteiger partial charge < -0.3 is 10.6 Å². The van der Waals surface area contributed by atoms with Gasteiger partial charge in [0.1, 0.15) is 0 Å². The van der Waals surface area contributed by atoms with Gasteiger partial charge in [0.05, 0.1) is 0 Å². The fourth-order valence-electron chi connectivity index (χ4n) is 3.45. The van der Waals surface area contributed by atoms with Crippen molar-refractivity contribution < 1.29 is 4.79 Å². The maximum atomic E-state index is 12.5. The Balaban J connectivity index is 1.71. The lowest BCUT2D eigenvalue weighted by Gasteiger charge is -2.25. The zero-order chi connectivity index (χ0) is 17.3. The Hall–Kier alpha value is -2.29. The van der Waals surface area contributed by atoms with E-state index in [2.05, 4.69) is 61.7 Å². The molecule has 0 bridgehead atoms. The van der Waals surface area contributed by atoms with E-state index in [9.17, 15) is 4.79 Å². The molecular weight excluding hydrogens is 296 g/mol. The molecule has 1 aliphatic rings. The van der Waals surface area contributed by atoms with E-state index in [1.165, 1.54) is 11.1 Å². The minimum absolute atomic E-state index is 0.0156. The largest absolute Gasteiger partial charge is 0.334 e. The summed E-state index contributed by atoms with van der Waals surface area (Å²) in [6, 6.07) is 14.6. The summed E-state index contributed by atoms with van der Waals surface area (Å²) in [4.78, 5) is 12.5. The van der Waals surface area contributed by atoms with Gasteiger partial charge in [-0.25, -0.2) is 4.79 Å². The molecule has 2 N–H and O–H groups in total. The molecule has 2 aromatic carbocycles. The first-order chi connectivity index (χ1) is 11.3. The second-order valence-electron chi connectivity index (χ2n) is 7.72. The third-order valence-electron chi connectivity index (χ3n) is 4.71. The highest BCUT2D eigenvalue weighted by Crippen LogP contribution is 2.32. The van der Waals surface area contributed by atoms with Crippen LogP contribution in [-0.4, -0.2) is 12.1 Å². The molecular formula is C21H26N2O. The summed E-state index contributed by atoms with van der Waals surface area (Å²) < 4.78 is 0. The molecule has 3 rings (SSSR count). The highest BCUT2D eigenvalue weighted by Gasteiger charge is 2.24. The minimum atomic E-state index is -0.118. The smallest absolute Gasteiger partial charge is 0.319 e. The number of hydrogen-bond donors (Lipinski definition) is 2. The number of amides is 2. The summed E-state index contributed by atoms with van der Waals surface area (Å²) in [5.74, 6) is 0. The SMILES string of the molecule is Cc1cccc(C(C)(C)C)c1NC(=O)NC1Cc2ccccc2C1. The van der Waals surface area contributed by atoms with E-state index in [0.717, 1.165) is 29.7 Å². The monoisotopic (exact) mass is 322 g/mol. The van der Waals surface area contributed by atoms with Crippen LogP contribution in [0.2, 0.25) is 0 Å². The van der Waals surface area contributed by atoms with E-state index >= 15 is 0 Å². The van der Waals surface area contributed by atoms with Crippen molar-refractivity contribution in [1.29, 1.82) is 0 Å².